The lowest BCUT2D eigenvalue weighted by Gasteiger charge is -2.21. The third-order valence-corrected chi connectivity index (χ3v) is 3.18. The Hall–Kier alpha value is -1.39. The van der Waals surface area contributed by atoms with Crippen LogP contribution in [-0.4, -0.2) is 29.9 Å². The van der Waals surface area contributed by atoms with Crippen LogP contribution < -0.4 is 0 Å². The number of aliphatic hydroxyl groups is 1. The second kappa shape index (κ2) is 5.08. The van der Waals surface area contributed by atoms with Crippen molar-refractivity contribution in [3.63, 3.8) is 0 Å². The van der Waals surface area contributed by atoms with Crippen LogP contribution in [0.25, 0.3) is 0 Å². The van der Waals surface area contributed by atoms with E-state index < -0.39 is 23.6 Å². The highest BCUT2D eigenvalue weighted by Crippen LogP contribution is 2.32. The summed E-state index contributed by atoms with van der Waals surface area (Å²) < 4.78 is 10.5. The molecule has 0 amide bonds. The first-order valence-electron chi connectivity index (χ1n) is 6.01. The molecule has 2 rings (SSSR count). The molecule has 2 atom stereocenters. The largest absolute Gasteiger partial charge is 0.459 e. The van der Waals surface area contributed by atoms with Gasteiger partial charge in [-0.3, -0.25) is 0 Å². The number of carbonyl (C=O) groups excluding carboxylic acids is 1. The molecule has 1 N–H and O–H groups in total. The van der Waals surface area contributed by atoms with Crippen molar-refractivity contribution in [2.24, 2.45) is 5.41 Å². The molecule has 1 aliphatic rings. The Bertz CT molecular complexity index is 413. The lowest BCUT2D eigenvalue weighted by atomic mass is 9.87. The standard InChI is InChI=1S/C14H18O4/c1-14(2)9-18-11(12(14)15)13(16)17-8-10-6-4-3-5-7-10/h3-7,11-12,15H,8-9H2,1-2H3/t11-,12+/m1/s1. The van der Waals surface area contributed by atoms with Crippen LogP contribution in [0.1, 0.15) is 19.4 Å². The first-order valence-corrected chi connectivity index (χ1v) is 6.01. The van der Waals surface area contributed by atoms with Crippen molar-refractivity contribution in [2.75, 3.05) is 6.61 Å². The van der Waals surface area contributed by atoms with Gasteiger partial charge in [-0.15, -0.1) is 0 Å². The SMILES string of the molecule is CC1(C)CO[C@@H](C(=O)OCc2ccccc2)[C@@H]1O. The average Bonchev–Trinajstić information content (AvgIpc) is 2.63. The zero-order valence-electron chi connectivity index (χ0n) is 10.6. The van der Waals surface area contributed by atoms with Crippen molar-refractivity contribution in [2.45, 2.75) is 32.7 Å². The molecule has 0 spiro atoms. The summed E-state index contributed by atoms with van der Waals surface area (Å²) in [5.41, 5.74) is 0.508. The normalized spacial score (nSPS) is 25.9. The molecule has 1 fully saturated rings. The fraction of sp³-hybridized carbons (Fsp3) is 0.500. The van der Waals surface area contributed by atoms with Crippen molar-refractivity contribution in [3.8, 4) is 0 Å². The van der Waals surface area contributed by atoms with Gasteiger partial charge in [0.05, 0.1) is 12.7 Å². The first kappa shape index (κ1) is 13.1. The lowest BCUT2D eigenvalue weighted by Crippen LogP contribution is -2.38. The highest BCUT2D eigenvalue weighted by Gasteiger charge is 2.46. The highest BCUT2D eigenvalue weighted by atomic mass is 16.6. The van der Waals surface area contributed by atoms with E-state index in [0.29, 0.717) is 6.61 Å². The maximum absolute atomic E-state index is 11.8. The van der Waals surface area contributed by atoms with Crippen molar-refractivity contribution in [1.29, 1.82) is 0 Å². The fourth-order valence-electron chi connectivity index (χ4n) is 1.90. The van der Waals surface area contributed by atoms with E-state index >= 15 is 0 Å². The van der Waals surface area contributed by atoms with Gasteiger partial charge in [-0.2, -0.15) is 0 Å². The summed E-state index contributed by atoms with van der Waals surface area (Å²) in [6.07, 6.45) is -1.69. The highest BCUT2D eigenvalue weighted by molar-refractivity contribution is 5.76. The number of hydrogen-bond donors (Lipinski definition) is 1. The Kier molecular flexibility index (Phi) is 3.68. The van der Waals surface area contributed by atoms with Crippen LogP contribution in [0.3, 0.4) is 0 Å². The third kappa shape index (κ3) is 2.71. The van der Waals surface area contributed by atoms with Crippen LogP contribution in [-0.2, 0) is 20.9 Å². The van der Waals surface area contributed by atoms with Gasteiger partial charge >= 0.3 is 5.97 Å². The summed E-state index contributed by atoms with van der Waals surface area (Å²) in [4.78, 5) is 11.8. The van der Waals surface area contributed by atoms with Crippen LogP contribution in [0.5, 0.6) is 0 Å². The van der Waals surface area contributed by atoms with Crippen molar-refractivity contribution < 1.29 is 19.4 Å². The van der Waals surface area contributed by atoms with E-state index in [9.17, 15) is 9.90 Å². The molecule has 4 heteroatoms. The third-order valence-electron chi connectivity index (χ3n) is 3.18. The number of hydrogen-bond acceptors (Lipinski definition) is 4. The van der Waals surface area contributed by atoms with Crippen molar-refractivity contribution >= 4 is 5.97 Å². The summed E-state index contributed by atoms with van der Waals surface area (Å²) in [5, 5.41) is 9.96. The molecule has 1 aliphatic heterocycles. The maximum Gasteiger partial charge on any atom is 0.338 e. The monoisotopic (exact) mass is 250 g/mol. The molecule has 1 saturated heterocycles. The molecule has 0 unspecified atom stereocenters. The number of benzene rings is 1. The van der Waals surface area contributed by atoms with Gasteiger partial charge in [-0.25, -0.2) is 4.79 Å². The molecule has 0 radical (unpaired) electrons. The van der Waals surface area contributed by atoms with Gasteiger partial charge < -0.3 is 14.6 Å². The molecule has 1 aromatic carbocycles. The van der Waals surface area contributed by atoms with E-state index in [0.717, 1.165) is 5.56 Å². The summed E-state index contributed by atoms with van der Waals surface area (Å²) in [6, 6.07) is 9.42. The number of aliphatic hydroxyl groups excluding tert-OH is 1. The molecule has 98 valence electrons. The van der Waals surface area contributed by atoms with E-state index in [4.69, 9.17) is 9.47 Å². The van der Waals surface area contributed by atoms with Gasteiger partial charge in [-0.05, 0) is 5.56 Å². The zero-order chi connectivity index (χ0) is 13.2. The molecule has 0 bridgehead atoms. The van der Waals surface area contributed by atoms with Gasteiger partial charge in [0.25, 0.3) is 0 Å². The summed E-state index contributed by atoms with van der Waals surface area (Å²) >= 11 is 0. The van der Waals surface area contributed by atoms with E-state index in [1.807, 2.05) is 44.2 Å². The molecular weight excluding hydrogens is 232 g/mol. The Morgan fingerprint density at radius 1 is 1.44 bits per heavy atom. The second-order valence-corrected chi connectivity index (χ2v) is 5.26. The molecule has 0 aromatic heterocycles. The first-order chi connectivity index (χ1) is 8.50. The van der Waals surface area contributed by atoms with E-state index in [1.54, 1.807) is 0 Å². The predicted molar refractivity (Wildman–Crippen MR) is 65.8 cm³/mol. The molecule has 0 aliphatic carbocycles. The van der Waals surface area contributed by atoms with Crippen LogP contribution >= 0.6 is 0 Å². The number of carbonyl (C=O) groups is 1. The predicted octanol–water partition coefficient (Wildman–Crippen LogP) is 1.52. The van der Waals surface area contributed by atoms with Crippen molar-refractivity contribution in [1.82, 2.24) is 0 Å². The minimum atomic E-state index is -0.872. The molecule has 4 nitrogen and oxygen atoms in total. The number of esters is 1. The smallest absolute Gasteiger partial charge is 0.338 e. The van der Waals surface area contributed by atoms with Gasteiger partial charge in [0.2, 0.25) is 0 Å². The van der Waals surface area contributed by atoms with Crippen LogP contribution in [0.4, 0.5) is 0 Å². The summed E-state index contributed by atoms with van der Waals surface area (Å²) in [7, 11) is 0. The van der Waals surface area contributed by atoms with Gasteiger partial charge in [-0.1, -0.05) is 44.2 Å². The Labute approximate surface area is 107 Å². The Morgan fingerprint density at radius 3 is 2.67 bits per heavy atom. The molecule has 1 heterocycles. The average molecular weight is 250 g/mol. The van der Waals surface area contributed by atoms with E-state index in [-0.39, 0.29) is 6.61 Å². The Balaban J connectivity index is 1.90. The number of rotatable bonds is 3. The molecule has 0 saturated carbocycles. The molecule has 1 aromatic rings. The lowest BCUT2D eigenvalue weighted by molar-refractivity contribution is -0.159. The van der Waals surface area contributed by atoms with E-state index in [2.05, 4.69) is 0 Å². The minimum Gasteiger partial charge on any atom is -0.459 e. The van der Waals surface area contributed by atoms with Crippen LogP contribution in [0.15, 0.2) is 30.3 Å². The summed E-state index contributed by atoms with van der Waals surface area (Å²) in [5.74, 6) is -0.503. The molecular formula is C14H18O4. The van der Waals surface area contributed by atoms with E-state index in [1.165, 1.54) is 0 Å². The number of ether oxygens (including phenoxy) is 2. The summed E-state index contributed by atoms with van der Waals surface area (Å²) in [6.45, 7) is 4.29. The minimum absolute atomic E-state index is 0.201. The quantitative estimate of drug-likeness (QED) is 0.826. The van der Waals surface area contributed by atoms with Crippen molar-refractivity contribution in [3.05, 3.63) is 35.9 Å². The fourth-order valence-corrected chi connectivity index (χ4v) is 1.90. The van der Waals surface area contributed by atoms with Gasteiger partial charge in [0.15, 0.2) is 6.10 Å². The Morgan fingerprint density at radius 2 is 2.11 bits per heavy atom. The molecule has 18 heavy (non-hydrogen) atoms. The maximum atomic E-state index is 11.8. The second-order valence-electron chi connectivity index (χ2n) is 5.26. The van der Waals surface area contributed by atoms with Crippen LogP contribution in [0, 0.1) is 5.41 Å². The van der Waals surface area contributed by atoms with Gasteiger partial charge in [0.1, 0.15) is 6.61 Å². The topological polar surface area (TPSA) is 55.8 Å². The van der Waals surface area contributed by atoms with Crippen LogP contribution in [0.2, 0.25) is 0 Å². The van der Waals surface area contributed by atoms with Gasteiger partial charge in [0, 0.05) is 5.41 Å². The zero-order valence-corrected chi connectivity index (χ0v) is 10.6.